The summed E-state index contributed by atoms with van der Waals surface area (Å²) >= 11 is 0. The first-order chi connectivity index (χ1) is 14.4. The number of hydrogen-bond donors (Lipinski definition) is 2. The van der Waals surface area contributed by atoms with Crippen molar-refractivity contribution in [1.82, 2.24) is 10.2 Å². The maximum Gasteiger partial charge on any atom is 0.419 e. The number of alkyl halides is 5. The topological polar surface area (TPSA) is 83.1 Å². The van der Waals surface area contributed by atoms with Crippen LogP contribution in [-0.2, 0) is 0 Å². The Hall–Kier alpha value is -2.96. The minimum atomic E-state index is -4.73. The lowest BCUT2D eigenvalue weighted by Gasteiger charge is -2.28. The van der Waals surface area contributed by atoms with Crippen molar-refractivity contribution < 1.29 is 35.5 Å². The number of likely N-dealkylation sites (tertiary alicyclic amines) is 1. The highest BCUT2D eigenvalue weighted by atomic mass is 19.4. The van der Waals surface area contributed by atoms with Gasteiger partial charge in [-0.3, -0.25) is 20.1 Å². The molecule has 1 atom stereocenters. The van der Waals surface area contributed by atoms with Gasteiger partial charge in [-0.25, -0.2) is 17.6 Å². The van der Waals surface area contributed by atoms with E-state index in [1.807, 2.05) is 0 Å². The van der Waals surface area contributed by atoms with E-state index in [0.717, 1.165) is 11.0 Å². The molecule has 1 fully saturated rings. The molecule has 1 aliphatic rings. The van der Waals surface area contributed by atoms with E-state index < -0.39 is 72.1 Å². The molecule has 0 saturated carbocycles. The number of rotatable bonds is 7. The summed E-state index contributed by atoms with van der Waals surface area (Å²) in [4.78, 5) is 19.8. The maximum absolute atomic E-state index is 14.3. The number of nitrogen functional groups attached to an aromatic ring is 1. The first-order valence-electron chi connectivity index (χ1n) is 8.76. The summed E-state index contributed by atoms with van der Waals surface area (Å²) in [6.45, 7) is 1.54. The molecule has 1 aromatic carbocycles. The lowest BCUT2D eigenvalue weighted by Crippen LogP contribution is -2.48. The number of halogens is 7. The monoisotopic (exact) mass is 453 g/mol. The van der Waals surface area contributed by atoms with Crippen LogP contribution in [0.15, 0.2) is 33.9 Å². The van der Waals surface area contributed by atoms with Gasteiger partial charge in [0.15, 0.2) is 11.6 Å². The first-order valence-corrected chi connectivity index (χ1v) is 8.76. The molecule has 31 heavy (non-hydrogen) atoms. The molecule has 1 aliphatic heterocycles. The number of nitrogens with zero attached hydrogens (tertiary/aromatic N) is 3. The molecule has 3 N–H and O–H groups in total. The van der Waals surface area contributed by atoms with Crippen LogP contribution in [-0.4, -0.2) is 61.6 Å². The van der Waals surface area contributed by atoms with E-state index >= 15 is 0 Å². The first kappa shape index (κ1) is 24.3. The Labute approximate surface area is 172 Å². The van der Waals surface area contributed by atoms with Gasteiger partial charge < -0.3 is 10.6 Å². The fraction of sp³-hybridized carbons (Fsp3) is 0.389. The third-order valence-corrected chi connectivity index (χ3v) is 4.50. The highest BCUT2D eigenvalue weighted by molar-refractivity contribution is 5.99. The van der Waals surface area contributed by atoms with E-state index in [0.29, 0.717) is 18.5 Å². The summed E-state index contributed by atoms with van der Waals surface area (Å²) in [6, 6.07) is -0.158. The molecule has 1 heterocycles. The van der Waals surface area contributed by atoms with E-state index in [1.54, 1.807) is 0 Å². The van der Waals surface area contributed by atoms with Crippen LogP contribution in [0.3, 0.4) is 0 Å². The van der Waals surface area contributed by atoms with Crippen LogP contribution < -0.4 is 11.1 Å². The van der Waals surface area contributed by atoms with E-state index in [1.165, 1.54) is 0 Å². The predicted octanol–water partition coefficient (Wildman–Crippen LogP) is 3.16. The quantitative estimate of drug-likeness (QED) is 0.288. The molecule has 1 amide bonds. The van der Waals surface area contributed by atoms with Crippen LogP contribution in [0.4, 0.5) is 36.4 Å². The van der Waals surface area contributed by atoms with Crippen LogP contribution >= 0.6 is 0 Å². The van der Waals surface area contributed by atoms with Gasteiger partial charge >= 0.3 is 6.18 Å². The predicted molar refractivity (Wildman–Crippen MR) is 100 cm³/mol. The summed E-state index contributed by atoms with van der Waals surface area (Å²) in [5, 5.41) is 2.43. The Bertz CT molecular complexity index is 898. The van der Waals surface area contributed by atoms with Crippen molar-refractivity contribution in [1.29, 1.82) is 0 Å². The Morgan fingerprint density at radius 2 is 2.03 bits per heavy atom. The van der Waals surface area contributed by atoms with E-state index in [9.17, 15) is 35.5 Å². The average Bonchev–Trinajstić information content (AvgIpc) is 2.98. The van der Waals surface area contributed by atoms with E-state index in [-0.39, 0.29) is 6.54 Å². The molecule has 1 aromatic rings. The largest absolute Gasteiger partial charge is 0.419 e. The molecule has 6 nitrogen and oxygen atoms in total. The normalized spacial score (nSPS) is 19.3. The highest BCUT2D eigenvalue weighted by Gasteiger charge is 2.50. The summed E-state index contributed by atoms with van der Waals surface area (Å²) in [5.41, 5.74) is 2.92. The Balaban J connectivity index is 2.09. The van der Waals surface area contributed by atoms with Crippen LogP contribution in [0.5, 0.6) is 0 Å². The second kappa shape index (κ2) is 9.45. The summed E-state index contributed by atoms with van der Waals surface area (Å²) in [5.74, 6) is -7.12. The van der Waals surface area contributed by atoms with Gasteiger partial charge in [-0.15, -0.1) is 0 Å². The molecule has 170 valence electrons. The minimum Gasteiger partial charge on any atom is -0.396 e. The SMILES string of the molecule is C=N/C=C(\C=NCNCC1N(C(=O)c2ccc(F)c(F)c2N)CCC1(F)F)C(F)(F)F. The second-order valence-electron chi connectivity index (χ2n) is 6.54. The van der Waals surface area contributed by atoms with Gasteiger partial charge in [0.05, 0.1) is 23.5 Å². The van der Waals surface area contributed by atoms with Gasteiger partial charge in [0.2, 0.25) is 0 Å². The number of allylic oxidation sites excluding steroid dienone is 1. The van der Waals surface area contributed by atoms with Crippen molar-refractivity contribution in [2.24, 2.45) is 9.98 Å². The smallest absolute Gasteiger partial charge is 0.396 e. The zero-order valence-electron chi connectivity index (χ0n) is 15.9. The molecule has 0 aromatic heterocycles. The van der Waals surface area contributed by atoms with Gasteiger partial charge in [-0.1, -0.05) is 0 Å². The van der Waals surface area contributed by atoms with Gasteiger partial charge in [-0.2, -0.15) is 13.2 Å². The van der Waals surface area contributed by atoms with E-state index in [2.05, 4.69) is 22.0 Å². The number of hydrogen-bond acceptors (Lipinski definition) is 5. The zero-order chi connectivity index (χ0) is 23.4. The third-order valence-electron chi connectivity index (χ3n) is 4.50. The molecule has 2 rings (SSSR count). The standard InChI is InChI=1S/C18H18F7N5O/c1-27-6-10(18(23,24)25)7-28-9-29-8-13-17(21,22)4-5-30(13)16(31)11-2-3-12(19)14(20)15(11)26/h2-3,6-7,13,29H,1,4-5,8-9,26H2/b10-6+,28-7?. The molecule has 0 radical (unpaired) electrons. The maximum atomic E-state index is 14.3. The molecule has 0 aliphatic carbocycles. The molecule has 13 heteroatoms. The van der Waals surface area contributed by atoms with Crippen molar-refractivity contribution in [3.05, 3.63) is 41.1 Å². The Morgan fingerprint density at radius 3 is 2.65 bits per heavy atom. The van der Waals surface area contributed by atoms with Crippen molar-refractivity contribution in [2.45, 2.75) is 24.6 Å². The average molecular weight is 453 g/mol. The van der Waals surface area contributed by atoms with Crippen LogP contribution in [0.2, 0.25) is 0 Å². The lowest BCUT2D eigenvalue weighted by molar-refractivity contribution is -0.0857. The van der Waals surface area contributed by atoms with Crippen molar-refractivity contribution >= 4 is 24.5 Å². The summed E-state index contributed by atoms with van der Waals surface area (Å²) in [6.07, 6.45) is -4.51. The number of nitrogens with two attached hydrogens (primary N) is 1. The molecule has 1 saturated heterocycles. The number of carbonyl (C=O) groups is 1. The number of nitrogens with one attached hydrogen (secondary N) is 1. The van der Waals surface area contributed by atoms with Crippen LogP contribution in [0.25, 0.3) is 0 Å². The van der Waals surface area contributed by atoms with Gasteiger partial charge in [0.1, 0.15) is 6.04 Å². The van der Waals surface area contributed by atoms with Gasteiger partial charge in [0, 0.05) is 31.9 Å². The Kier molecular flexibility index (Phi) is 7.41. The molecular weight excluding hydrogens is 435 g/mol. The minimum absolute atomic E-state index is 0.383. The van der Waals surface area contributed by atoms with Crippen molar-refractivity contribution in [3.8, 4) is 0 Å². The number of benzene rings is 1. The summed E-state index contributed by atoms with van der Waals surface area (Å²) in [7, 11) is 0. The lowest BCUT2D eigenvalue weighted by atomic mass is 10.1. The van der Waals surface area contributed by atoms with Crippen LogP contribution in [0, 0.1) is 11.6 Å². The van der Waals surface area contributed by atoms with Gasteiger partial charge in [-0.05, 0) is 18.9 Å². The number of carbonyl (C=O) groups excluding carboxylic acids is 1. The van der Waals surface area contributed by atoms with Crippen LogP contribution in [0.1, 0.15) is 16.8 Å². The zero-order valence-corrected chi connectivity index (χ0v) is 15.9. The number of anilines is 1. The van der Waals surface area contributed by atoms with Crippen molar-refractivity contribution in [3.63, 3.8) is 0 Å². The molecule has 0 bridgehead atoms. The third kappa shape index (κ3) is 5.60. The fourth-order valence-electron chi connectivity index (χ4n) is 2.92. The highest BCUT2D eigenvalue weighted by Crippen LogP contribution is 2.35. The molecular formula is C18H18F7N5O. The molecule has 0 spiro atoms. The van der Waals surface area contributed by atoms with E-state index in [4.69, 9.17) is 5.73 Å². The molecule has 1 unspecified atom stereocenters. The Morgan fingerprint density at radius 1 is 1.35 bits per heavy atom. The fourth-order valence-corrected chi connectivity index (χ4v) is 2.92. The van der Waals surface area contributed by atoms with Gasteiger partial charge in [0.25, 0.3) is 11.8 Å². The second-order valence-corrected chi connectivity index (χ2v) is 6.54. The number of aliphatic imine (C=N–C) groups is 2. The summed E-state index contributed by atoms with van der Waals surface area (Å²) < 4.78 is 93.4. The van der Waals surface area contributed by atoms with Crippen molar-refractivity contribution in [2.75, 3.05) is 25.5 Å². The number of amides is 1.